The lowest BCUT2D eigenvalue weighted by Gasteiger charge is -2.15. The van der Waals surface area contributed by atoms with Gasteiger partial charge < -0.3 is 0 Å². The zero-order chi connectivity index (χ0) is 9.84. The van der Waals surface area contributed by atoms with Gasteiger partial charge in [0, 0.05) is 4.83 Å². The smallest absolute Gasteiger partial charge is 0.0183 e. The zero-order valence-electron chi connectivity index (χ0n) is 8.55. The van der Waals surface area contributed by atoms with Crippen LogP contribution in [0.1, 0.15) is 37.8 Å². The monoisotopic (exact) mass is 240 g/mol. The van der Waals surface area contributed by atoms with Crippen LogP contribution >= 0.6 is 15.9 Å². The molecular formula is C12H17Br. The fourth-order valence-electron chi connectivity index (χ4n) is 1.36. The van der Waals surface area contributed by atoms with Crippen LogP contribution in [0.4, 0.5) is 0 Å². The Morgan fingerprint density at radius 3 is 2.54 bits per heavy atom. The highest BCUT2D eigenvalue weighted by molar-refractivity contribution is 9.09. The van der Waals surface area contributed by atoms with Gasteiger partial charge in [-0.1, -0.05) is 61.0 Å². The minimum atomic E-state index is 0.541. The first-order chi connectivity index (χ1) is 6.15. The lowest BCUT2D eigenvalue weighted by atomic mass is 9.96. The second-order valence-electron chi connectivity index (χ2n) is 3.56. The summed E-state index contributed by atoms with van der Waals surface area (Å²) in [6.07, 6.45) is 1.12. The van der Waals surface area contributed by atoms with E-state index in [1.807, 2.05) is 0 Å². The van der Waals surface area contributed by atoms with Crippen LogP contribution in [-0.2, 0) is 6.42 Å². The zero-order valence-corrected chi connectivity index (χ0v) is 10.1. The van der Waals surface area contributed by atoms with Gasteiger partial charge in [-0.2, -0.15) is 0 Å². The third-order valence-corrected chi connectivity index (χ3v) is 3.37. The summed E-state index contributed by atoms with van der Waals surface area (Å²) >= 11 is 3.62. The van der Waals surface area contributed by atoms with Crippen molar-refractivity contribution in [2.75, 3.05) is 0 Å². The fourth-order valence-corrected chi connectivity index (χ4v) is 1.67. The summed E-state index contributed by atoms with van der Waals surface area (Å²) < 4.78 is 0. The van der Waals surface area contributed by atoms with Gasteiger partial charge in [-0.25, -0.2) is 0 Å². The molecule has 13 heavy (non-hydrogen) atoms. The molecule has 0 N–H and O–H groups in total. The second-order valence-corrected chi connectivity index (χ2v) is 5.01. The molecule has 0 fully saturated rings. The number of benzene rings is 1. The number of aryl methyl sites for hydroxylation is 1. The van der Waals surface area contributed by atoms with Gasteiger partial charge in [0.05, 0.1) is 0 Å². The number of hydrogen-bond donors (Lipinski definition) is 0. The lowest BCUT2D eigenvalue weighted by molar-refractivity contribution is 0.760. The normalized spacial score (nSPS) is 15.4. The largest absolute Gasteiger partial charge is 0.0887 e. The Hall–Kier alpha value is -0.300. The lowest BCUT2D eigenvalue weighted by Crippen LogP contribution is -2.04. The molecule has 2 unspecified atom stereocenters. The molecule has 0 saturated carbocycles. The van der Waals surface area contributed by atoms with Gasteiger partial charge in [-0.15, -0.1) is 0 Å². The van der Waals surface area contributed by atoms with Crippen LogP contribution in [0.2, 0.25) is 0 Å². The minimum absolute atomic E-state index is 0.541. The van der Waals surface area contributed by atoms with Gasteiger partial charge in [0.1, 0.15) is 0 Å². The van der Waals surface area contributed by atoms with Crippen molar-refractivity contribution in [1.29, 1.82) is 0 Å². The summed E-state index contributed by atoms with van der Waals surface area (Å²) in [5.41, 5.74) is 2.86. The topological polar surface area (TPSA) is 0 Å². The summed E-state index contributed by atoms with van der Waals surface area (Å²) in [6, 6.07) is 8.86. The van der Waals surface area contributed by atoms with Crippen LogP contribution in [0, 0.1) is 0 Å². The van der Waals surface area contributed by atoms with E-state index in [2.05, 4.69) is 61.0 Å². The van der Waals surface area contributed by atoms with Crippen molar-refractivity contribution in [3.8, 4) is 0 Å². The first-order valence-corrected chi connectivity index (χ1v) is 5.79. The number of rotatable bonds is 3. The Labute approximate surface area is 89.5 Å². The Balaban J connectivity index is 2.88. The van der Waals surface area contributed by atoms with Crippen molar-refractivity contribution in [1.82, 2.24) is 0 Å². The molecule has 2 atom stereocenters. The van der Waals surface area contributed by atoms with E-state index in [4.69, 9.17) is 0 Å². The van der Waals surface area contributed by atoms with E-state index < -0.39 is 0 Å². The molecular weight excluding hydrogens is 224 g/mol. The summed E-state index contributed by atoms with van der Waals surface area (Å²) in [4.78, 5) is 0.541. The molecule has 0 aliphatic rings. The van der Waals surface area contributed by atoms with E-state index in [1.165, 1.54) is 11.1 Å². The Morgan fingerprint density at radius 1 is 1.31 bits per heavy atom. The molecule has 0 bridgehead atoms. The average molecular weight is 241 g/mol. The van der Waals surface area contributed by atoms with Crippen LogP contribution < -0.4 is 0 Å². The summed E-state index contributed by atoms with van der Waals surface area (Å²) in [7, 11) is 0. The summed E-state index contributed by atoms with van der Waals surface area (Å²) in [5.74, 6) is 0.589. The number of halogens is 1. The maximum absolute atomic E-state index is 3.62. The third kappa shape index (κ3) is 2.84. The van der Waals surface area contributed by atoms with Crippen LogP contribution in [0.25, 0.3) is 0 Å². The molecule has 0 aromatic heterocycles. The quantitative estimate of drug-likeness (QED) is 0.698. The van der Waals surface area contributed by atoms with Crippen molar-refractivity contribution in [2.24, 2.45) is 0 Å². The van der Waals surface area contributed by atoms with Crippen molar-refractivity contribution in [3.05, 3.63) is 35.4 Å². The predicted molar refractivity (Wildman–Crippen MR) is 62.6 cm³/mol. The maximum Gasteiger partial charge on any atom is 0.0183 e. The molecule has 1 aromatic rings. The number of hydrogen-bond acceptors (Lipinski definition) is 0. The molecule has 0 aliphatic heterocycles. The molecule has 1 heteroatoms. The molecule has 0 amide bonds. The molecule has 1 aromatic carbocycles. The van der Waals surface area contributed by atoms with E-state index >= 15 is 0 Å². The minimum Gasteiger partial charge on any atom is -0.0887 e. The van der Waals surface area contributed by atoms with E-state index in [-0.39, 0.29) is 0 Å². The summed E-state index contributed by atoms with van der Waals surface area (Å²) in [5, 5.41) is 0. The SMILES string of the molecule is CCc1cccc(C(C)C(C)Br)c1. The van der Waals surface area contributed by atoms with E-state index in [1.54, 1.807) is 0 Å². The Bertz CT molecular complexity index is 266. The highest BCUT2D eigenvalue weighted by Gasteiger charge is 2.10. The van der Waals surface area contributed by atoms with Crippen molar-refractivity contribution in [2.45, 2.75) is 37.9 Å². The van der Waals surface area contributed by atoms with E-state index in [0.717, 1.165) is 6.42 Å². The van der Waals surface area contributed by atoms with Gasteiger partial charge >= 0.3 is 0 Å². The van der Waals surface area contributed by atoms with Gasteiger partial charge in [0.2, 0.25) is 0 Å². The fraction of sp³-hybridized carbons (Fsp3) is 0.500. The number of alkyl halides is 1. The van der Waals surface area contributed by atoms with E-state index in [9.17, 15) is 0 Å². The van der Waals surface area contributed by atoms with Gasteiger partial charge in [-0.05, 0) is 23.5 Å². The highest BCUT2D eigenvalue weighted by Crippen LogP contribution is 2.24. The van der Waals surface area contributed by atoms with Crippen LogP contribution in [0.5, 0.6) is 0 Å². The third-order valence-electron chi connectivity index (χ3n) is 2.57. The molecule has 0 heterocycles. The first kappa shape index (κ1) is 10.8. The molecule has 0 aliphatic carbocycles. The predicted octanol–water partition coefficient (Wildman–Crippen LogP) is 4.14. The Kier molecular flexibility index (Phi) is 3.98. The second kappa shape index (κ2) is 4.80. The molecule has 0 saturated heterocycles. The molecule has 0 nitrogen and oxygen atoms in total. The molecule has 0 spiro atoms. The first-order valence-electron chi connectivity index (χ1n) is 4.88. The van der Waals surface area contributed by atoms with Crippen molar-refractivity contribution >= 4 is 15.9 Å². The van der Waals surface area contributed by atoms with Crippen molar-refractivity contribution in [3.63, 3.8) is 0 Å². The standard InChI is InChI=1S/C12H17Br/c1-4-11-6-5-7-12(8-11)9(2)10(3)13/h5-10H,4H2,1-3H3. The van der Waals surface area contributed by atoms with Gasteiger partial charge in [0.25, 0.3) is 0 Å². The van der Waals surface area contributed by atoms with Crippen LogP contribution in [-0.4, -0.2) is 4.83 Å². The Morgan fingerprint density at radius 2 is 2.00 bits per heavy atom. The summed E-state index contributed by atoms with van der Waals surface area (Å²) in [6.45, 7) is 6.65. The van der Waals surface area contributed by atoms with Crippen molar-refractivity contribution < 1.29 is 0 Å². The van der Waals surface area contributed by atoms with Gasteiger partial charge in [0.15, 0.2) is 0 Å². The maximum atomic E-state index is 3.62. The molecule has 1 rings (SSSR count). The van der Waals surface area contributed by atoms with E-state index in [0.29, 0.717) is 10.7 Å². The highest BCUT2D eigenvalue weighted by atomic mass is 79.9. The molecule has 0 radical (unpaired) electrons. The molecule has 72 valence electrons. The average Bonchev–Trinajstić information content (AvgIpc) is 2.16. The van der Waals surface area contributed by atoms with Crippen LogP contribution in [0.3, 0.4) is 0 Å². The van der Waals surface area contributed by atoms with Crippen LogP contribution in [0.15, 0.2) is 24.3 Å². The van der Waals surface area contributed by atoms with Gasteiger partial charge in [-0.3, -0.25) is 0 Å².